The molecular formula is C21H26F3N3O2. The number of hydrogen-bond acceptors (Lipinski definition) is 3. The second-order valence-electron chi connectivity index (χ2n) is 7.61. The molecule has 4 rings (SSSR count). The van der Waals surface area contributed by atoms with Gasteiger partial charge < -0.3 is 5.11 Å². The van der Waals surface area contributed by atoms with E-state index in [4.69, 9.17) is 9.90 Å². The Bertz CT molecular complexity index is 797. The number of carbonyl (C=O) groups is 1. The van der Waals surface area contributed by atoms with Gasteiger partial charge in [-0.3, -0.25) is 10.00 Å². The first-order chi connectivity index (χ1) is 13.8. The number of H-pyrrole nitrogens is 1. The number of fused-ring (bicyclic) bond motifs is 1. The normalized spacial score (nSPS) is 17.9. The number of piperidine rings is 1. The maximum atomic E-state index is 10.6. The topological polar surface area (TPSA) is 69.2 Å². The standard InChI is InChI=1S/C19H25N3.C2HF3O2/c1-2-6-15(7-3-1)14-22-12-10-16(11-13-22)19-17-8-4-5-9-18(17)20-21-19;3-2(4,5)1(6)7/h1-3,6-7,16H,4-5,8-14H2,(H,20,21);(H,6,7). The van der Waals surface area contributed by atoms with Crippen LogP contribution in [0.5, 0.6) is 0 Å². The van der Waals surface area contributed by atoms with Crippen LogP contribution in [0.1, 0.15) is 54.1 Å². The first kappa shape index (κ1) is 21.4. The number of carboxylic acid groups (broad SMARTS) is 1. The minimum atomic E-state index is -5.08. The van der Waals surface area contributed by atoms with Gasteiger partial charge in [0.25, 0.3) is 0 Å². The molecule has 1 aliphatic carbocycles. The fourth-order valence-corrected chi connectivity index (χ4v) is 4.05. The number of likely N-dealkylation sites (tertiary alicyclic amines) is 1. The van der Waals surface area contributed by atoms with Crippen LogP contribution in [0, 0.1) is 0 Å². The summed E-state index contributed by atoms with van der Waals surface area (Å²) in [6, 6.07) is 10.8. The van der Waals surface area contributed by atoms with Gasteiger partial charge in [0, 0.05) is 18.2 Å². The average molecular weight is 409 g/mol. The molecule has 158 valence electrons. The van der Waals surface area contributed by atoms with E-state index in [0.717, 1.165) is 6.54 Å². The molecule has 1 saturated heterocycles. The van der Waals surface area contributed by atoms with Crippen molar-refractivity contribution in [1.82, 2.24) is 15.1 Å². The van der Waals surface area contributed by atoms with Crippen molar-refractivity contribution >= 4 is 5.97 Å². The Balaban J connectivity index is 0.000000298. The number of aliphatic carboxylic acids is 1. The summed E-state index contributed by atoms with van der Waals surface area (Å²) in [5.41, 5.74) is 5.81. The number of halogens is 3. The van der Waals surface area contributed by atoms with E-state index in [2.05, 4.69) is 45.4 Å². The highest BCUT2D eigenvalue weighted by Gasteiger charge is 2.38. The van der Waals surface area contributed by atoms with Crippen molar-refractivity contribution in [2.75, 3.05) is 13.1 Å². The molecule has 1 aromatic heterocycles. The molecule has 1 aromatic carbocycles. The molecule has 2 aromatic rings. The summed E-state index contributed by atoms with van der Waals surface area (Å²) in [6.07, 6.45) is 2.53. The number of aromatic amines is 1. The highest BCUT2D eigenvalue weighted by Crippen LogP contribution is 2.33. The monoisotopic (exact) mass is 409 g/mol. The first-order valence-corrected chi connectivity index (χ1v) is 9.97. The Morgan fingerprint density at radius 1 is 1.14 bits per heavy atom. The quantitative estimate of drug-likeness (QED) is 0.793. The Morgan fingerprint density at radius 3 is 2.38 bits per heavy atom. The van der Waals surface area contributed by atoms with E-state index in [1.165, 1.54) is 68.6 Å². The Morgan fingerprint density at radius 2 is 1.76 bits per heavy atom. The fraction of sp³-hybridized carbons (Fsp3) is 0.524. The van der Waals surface area contributed by atoms with Gasteiger partial charge in [0.15, 0.2) is 0 Å². The molecule has 0 atom stereocenters. The van der Waals surface area contributed by atoms with Crippen molar-refractivity contribution in [1.29, 1.82) is 0 Å². The SMILES string of the molecule is O=C(O)C(F)(F)F.c1ccc(CN2CCC(c3n[nH]c4c3CCCC4)CC2)cc1. The van der Waals surface area contributed by atoms with E-state index in [1.54, 1.807) is 5.56 Å². The molecule has 0 spiro atoms. The number of carboxylic acids is 1. The van der Waals surface area contributed by atoms with Gasteiger partial charge >= 0.3 is 12.1 Å². The summed E-state index contributed by atoms with van der Waals surface area (Å²) in [6.45, 7) is 3.48. The van der Waals surface area contributed by atoms with Crippen LogP contribution in [0.2, 0.25) is 0 Å². The molecule has 0 bridgehead atoms. The van der Waals surface area contributed by atoms with E-state index in [0.29, 0.717) is 5.92 Å². The number of nitrogens with one attached hydrogen (secondary N) is 1. The molecule has 0 radical (unpaired) electrons. The highest BCUT2D eigenvalue weighted by molar-refractivity contribution is 5.73. The van der Waals surface area contributed by atoms with Crippen molar-refractivity contribution in [2.45, 2.75) is 57.2 Å². The predicted octanol–water partition coefficient (Wildman–Crippen LogP) is 4.30. The van der Waals surface area contributed by atoms with Crippen LogP contribution in [0.4, 0.5) is 13.2 Å². The van der Waals surface area contributed by atoms with Gasteiger partial charge in [-0.05, 0) is 62.7 Å². The lowest BCUT2D eigenvalue weighted by Crippen LogP contribution is -2.32. The first-order valence-electron chi connectivity index (χ1n) is 9.97. The second kappa shape index (κ2) is 9.43. The minimum Gasteiger partial charge on any atom is -0.475 e. The molecule has 8 heteroatoms. The van der Waals surface area contributed by atoms with Crippen molar-refractivity contribution in [3.8, 4) is 0 Å². The van der Waals surface area contributed by atoms with Gasteiger partial charge in [-0.15, -0.1) is 0 Å². The zero-order valence-electron chi connectivity index (χ0n) is 16.2. The van der Waals surface area contributed by atoms with Crippen LogP contribution >= 0.6 is 0 Å². The lowest BCUT2D eigenvalue weighted by atomic mass is 9.86. The zero-order chi connectivity index (χ0) is 20.9. The number of rotatable bonds is 3. The van der Waals surface area contributed by atoms with Crippen LogP contribution in [-0.4, -0.2) is 45.4 Å². The van der Waals surface area contributed by atoms with Gasteiger partial charge in [-0.25, -0.2) is 4.79 Å². The van der Waals surface area contributed by atoms with Crippen molar-refractivity contribution in [3.05, 3.63) is 52.8 Å². The molecule has 5 nitrogen and oxygen atoms in total. The number of alkyl halides is 3. The summed E-state index contributed by atoms with van der Waals surface area (Å²) < 4.78 is 31.7. The van der Waals surface area contributed by atoms with Crippen LogP contribution < -0.4 is 0 Å². The maximum absolute atomic E-state index is 10.6. The van der Waals surface area contributed by atoms with Gasteiger partial charge in [-0.2, -0.15) is 18.3 Å². The summed E-state index contributed by atoms with van der Waals surface area (Å²) in [4.78, 5) is 11.5. The molecule has 2 heterocycles. The minimum absolute atomic E-state index is 0.671. The Hall–Kier alpha value is -2.35. The molecule has 29 heavy (non-hydrogen) atoms. The molecular weight excluding hydrogens is 383 g/mol. The van der Waals surface area contributed by atoms with Gasteiger partial charge in [0.2, 0.25) is 0 Å². The molecule has 2 aliphatic rings. The van der Waals surface area contributed by atoms with E-state index >= 15 is 0 Å². The number of aryl methyl sites for hydroxylation is 1. The number of hydrogen-bond donors (Lipinski definition) is 2. The van der Waals surface area contributed by atoms with E-state index in [1.807, 2.05) is 0 Å². The third kappa shape index (κ3) is 5.82. The fourth-order valence-electron chi connectivity index (χ4n) is 4.05. The summed E-state index contributed by atoms with van der Waals surface area (Å²) >= 11 is 0. The lowest BCUT2D eigenvalue weighted by Gasteiger charge is -2.32. The van der Waals surface area contributed by atoms with Crippen LogP contribution in [0.25, 0.3) is 0 Å². The molecule has 2 N–H and O–H groups in total. The number of benzene rings is 1. The largest absolute Gasteiger partial charge is 0.490 e. The van der Waals surface area contributed by atoms with Gasteiger partial charge in [-0.1, -0.05) is 30.3 Å². The summed E-state index contributed by atoms with van der Waals surface area (Å²) in [5.74, 6) is -2.09. The average Bonchev–Trinajstić information content (AvgIpc) is 3.13. The Kier molecular flexibility index (Phi) is 6.95. The van der Waals surface area contributed by atoms with Crippen molar-refractivity contribution < 1.29 is 23.1 Å². The van der Waals surface area contributed by atoms with E-state index in [-0.39, 0.29) is 0 Å². The zero-order valence-corrected chi connectivity index (χ0v) is 16.2. The summed E-state index contributed by atoms with van der Waals surface area (Å²) in [5, 5.41) is 15.1. The predicted molar refractivity (Wildman–Crippen MR) is 103 cm³/mol. The van der Waals surface area contributed by atoms with Gasteiger partial charge in [0.1, 0.15) is 0 Å². The lowest BCUT2D eigenvalue weighted by molar-refractivity contribution is -0.192. The van der Waals surface area contributed by atoms with Crippen molar-refractivity contribution in [2.24, 2.45) is 0 Å². The van der Waals surface area contributed by atoms with E-state index in [9.17, 15) is 13.2 Å². The van der Waals surface area contributed by atoms with Crippen LogP contribution in [0.15, 0.2) is 30.3 Å². The maximum Gasteiger partial charge on any atom is 0.490 e. The molecule has 0 unspecified atom stereocenters. The second-order valence-corrected chi connectivity index (χ2v) is 7.61. The third-order valence-corrected chi connectivity index (χ3v) is 5.55. The highest BCUT2D eigenvalue weighted by atomic mass is 19.4. The number of nitrogens with zero attached hydrogens (tertiary/aromatic N) is 2. The third-order valence-electron chi connectivity index (χ3n) is 5.55. The molecule has 1 fully saturated rings. The molecule has 0 amide bonds. The molecule has 0 saturated carbocycles. The van der Waals surface area contributed by atoms with Crippen LogP contribution in [0.3, 0.4) is 0 Å². The number of aromatic nitrogens is 2. The Labute approximate surface area is 167 Å². The van der Waals surface area contributed by atoms with E-state index < -0.39 is 12.1 Å². The smallest absolute Gasteiger partial charge is 0.475 e. The van der Waals surface area contributed by atoms with Crippen molar-refractivity contribution in [3.63, 3.8) is 0 Å². The van der Waals surface area contributed by atoms with Crippen LogP contribution in [-0.2, 0) is 24.2 Å². The molecule has 1 aliphatic heterocycles. The van der Waals surface area contributed by atoms with Gasteiger partial charge in [0.05, 0.1) is 5.69 Å². The summed E-state index contributed by atoms with van der Waals surface area (Å²) in [7, 11) is 0.